The number of hydrogen-bond acceptors (Lipinski definition) is 3. The molecule has 0 aliphatic heterocycles. The van der Waals surface area contributed by atoms with E-state index in [-0.39, 0.29) is 12.5 Å². The van der Waals surface area contributed by atoms with Crippen molar-refractivity contribution >= 4 is 11.9 Å². The van der Waals surface area contributed by atoms with Gasteiger partial charge in [-0.3, -0.25) is 9.59 Å². The van der Waals surface area contributed by atoms with E-state index < -0.39 is 5.97 Å². The molecule has 2 aromatic rings. The van der Waals surface area contributed by atoms with Gasteiger partial charge in [0, 0.05) is 12.7 Å². The maximum Gasteiger partial charge on any atom is 0.323 e. The van der Waals surface area contributed by atoms with Gasteiger partial charge in [-0.1, -0.05) is 25.1 Å². The average molecular weight is 287 g/mol. The molecule has 0 bridgehead atoms. The SMILES string of the molecule is CCCN(CC(=O)O)C(=O)c1cnn(-c2ccccc2)c1. The normalized spacial score (nSPS) is 10.3. The molecular formula is C15H17N3O3. The summed E-state index contributed by atoms with van der Waals surface area (Å²) in [5, 5.41) is 13.0. The largest absolute Gasteiger partial charge is 0.480 e. The van der Waals surface area contributed by atoms with Crippen LogP contribution in [0.5, 0.6) is 0 Å². The Labute approximate surface area is 122 Å². The molecule has 0 saturated heterocycles. The highest BCUT2D eigenvalue weighted by atomic mass is 16.4. The number of amides is 1. The van der Waals surface area contributed by atoms with Crippen LogP contribution in [0.25, 0.3) is 5.69 Å². The van der Waals surface area contributed by atoms with Gasteiger partial charge in [-0.2, -0.15) is 5.10 Å². The zero-order chi connectivity index (χ0) is 15.2. The van der Waals surface area contributed by atoms with Crippen molar-refractivity contribution in [3.8, 4) is 5.69 Å². The first kappa shape index (κ1) is 14.8. The number of benzene rings is 1. The summed E-state index contributed by atoms with van der Waals surface area (Å²) in [5.41, 5.74) is 1.23. The molecule has 0 radical (unpaired) electrons. The van der Waals surface area contributed by atoms with Crippen molar-refractivity contribution in [1.82, 2.24) is 14.7 Å². The van der Waals surface area contributed by atoms with E-state index in [2.05, 4.69) is 5.10 Å². The van der Waals surface area contributed by atoms with Gasteiger partial charge in [0.05, 0.1) is 17.4 Å². The van der Waals surface area contributed by atoms with Crippen LogP contribution in [0.15, 0.2) is 42.7 Å². The van der Waals surface area contributed by atoms with Crippen molar-refractivity contribution in [3.63, 3.8) is 0 Å². The average Bonchev–Trinajstić information content (AvgIpc) is 2.96. The molecule has 0 aliphatic rings. The standard InChI is InChI=1S/C15H17N3O3/c1-2-8-17(11-14(19)20)15(21)12-9-16-18(10-12)13-6-4-3-5-7-13/h3-7,9-10H,2,8,11H2,1H3,(H,19,20). The Morgan fingerprint density at radius 3 is 2.62 bits per heavy atom. The fourth-order valence-electron chi connectivity index (χ4n) is 2.02. The molecule has 0 aliphatic carbocycles. The minimum absolute atomic E-state index is 0.302. The maximum atomic E-state index is 12.3. The quantitative estimate of drug-likeness (QED) is 0.879. The van der Waals surface area contributed by atoms with Gasteiger partial charge < -0.3 is 10.0 Å². The van der Waals surface area contributed by atoms with Crippen molar-refractivity contribution < 1.29 is 14.7 Å². The molecule has 6 nitrogen and oxygen atoms in total. The Morgan fingerprint density at radius 2 is 2.00 bits per heavy atom. The first-order chi connectivity index (χ1) is 10.1. The Morgan fingerprint density at radius 1 is 1.29 bits per heavy atom. The van der Waals surface area contributed by atoms with Gasteiger partial charge in [-0.05, 0) is 18.6 Å². The summed E-state index contributed by atoms with van der Waals surface area (Å²) < 4.78 is 1.60. The Balaban J connectivity index is 2.19. The number of carbonyl (C=O) groups excluding carboxylic acids is 1. The number of carboxylic acids is 1. The lowest BCUT2D eigenvalue weighted by molar-refractivity contribution is -0.137. The van der Waals surface area contributed by atoms with E-state index in [1.54, 1.807) is 10.9 Å². The zero-order valence-electron chi connectivity index (χ0n) is 11.8. The van der Waals surface area contributed by atoms with E-state index >= 15 is 0 Å². The van der Waals surface area contributed by atoms with E-state index in [1.807, 2.05) is 37.3 Å². The van der Waals surface area contributed by atoms with Crippen LogP contribution in [-0.4, -0.2) is 44.8 Å². The second-order valence-electron chi connectivity index (χ2n) is 4.63. The van der Waals surface area contributed by atoms with Gasteiger partial charge >= 0.3 is 5.97 Å². The fraction of sp³-hybridized carbons (Fsp3) is 0.267. The van der Waals surface area contributed by atoms with Crippen molar-refractivity contribution in [2.24, 2.45) is 0 Å². The van der Waals surface area contributed by atoms with Gasteiger partial charge in [0.25, 0.3) is 5.91 Å². The number of rotatable bonds is 6. The second kappa shape index (κ2) is 6.69. The molecule has 1 amide bonds. The molecular weight excluding hydrogens is 270 g/mol. The summed E-state index contributed by atoms with van der Waals surface area (Å²) in [5.74, 6) is -1.34. The number of carboxylic acid groups (broad SMARTS) is 1. The summed E-state index contributed by atoms with van der Waals surface area (Å²) >= 11 is 0. The number of aliphatic carboxylic acids is 1. The van der Waals surface area contributed by atoms with Crippen LogP contribution in [0.3, 0.4) is 0 Å². The van der Waals surface area contributed by atoms with Gasteiger partial charge in [0.1, 0.15) is 6.54 Å². The summed E-state index contributed by atoms with van der Waals surface area (Å²) in [6, 6.07) is 9.41. The van der Waals surface area contributed by atoms with Crippen molar-refractivity contribution in [1.29, 1.82) is 0 Å². The van der Waals surface area contributed by atoms with Crippen LogP contribution in [0, 0.1) is 0 Å². The first-order valence-corrected chi connectivity index (χ1v) is 6.73. The van der Waals surface area contributed by atoms with Crippen LogP contribution in [0.1, 0.15) is 23.7 Å². The van der Waals surface area contributed by atoms with Crippen LogP contribution in [-0.2, 0) is 4.79 Å². The number of hydrogen-bond donors (Lipinski definition) is 1. The topological polar surface area (TPSA) is 75.4 Å². The van der Waals surface area contributed by atoms with E-state index in [0.29, 0.717) is 18.5 Å². The first-order valence-electron chi connectivity index (χ1n) is 6.73. The molecule has 0 saturated carbocycles. The highest BCUT2D eigenvalue weighted by molar-refractivity contribution is 5.95. The second-order valence-corrected chi connectivity index (χ2v) is 4.63. The zero-order valence-corrected chi connectivity index (χ0v) is 11.8. The molecule has 2 rings (SSSR count). The third-order valence-corrected chi connectivity index (χ3v) is 2.96. The summed E-state index contributed by atoms with van der Waals surface area (Å²) in [4.78, 5) is 24.5. The molecule has 110 valence electrons. The monoisotopic (exact) mass is 287 g/mol. The Hall–Kier alpha value is -2.63. The Kier molecular flexibility index (Phi) is 4.71. The molecule has 1 heterocycles. The fourth-order valence-corrected chi connectivity index (χ4v) is 2.02. The van der Waals surface area contributed by atoms with Crippen LogP contribution in [0.2, 0.25) is 0 Å². The number of carbonyl (C=O) groups is 2. The van der Waals surface area contributed by atoms with E-state index in [9.17, 15) is 9.59 Å². The smallest absolute Gasteiger partial charge is 0.323 e. The van der Waals surface area contributed by atoms with Gasteiger partial charge in [-0.25, -0.2) is 4.68 Å². The molecule has 1 aromatic heterocycles. The summed E-state index contributed by atoms with van der Waals surface area (Å²) in [7, 11) is 0. The number of nitrogens with zero attached hydrogens (tertiary/aromatic N) is 3. The molecule has 0 fully saturated rings. The van der Waals surface area contributed by atoms with E-state index in [0.717, 1.165) is 5.69 Å². The van der Waals surface area contributed by atoms with Crippen molar-refractivity contribution in [2.45, 2.75) is 13.3 Å². The van der Waals surface area contributed by atoms with Crippen LogP contribution >= 0.6 is 0 Å². The molecule has 1 aromatic carbocycles. The lowest BCUT2D eigenvalue weighted by atomic mass is 10.3. The van der Waals surface area contributed by atoms with Gasteiger partial charge in [-0.15, -0.1) is 0 Å². The molecule has 0 unspecified atom stereocenters. The predicted molar refractivity (Wildman–Crippen MR) is 77.4 cm³/mol. The van der Waals surface area contributed by atoms with Crippen LogP contribution in [0.4, 0.5) is 0 Å². The molecule has 1 N–H and O–H groups in total. The minimum Gasteiger partial charge on any atom is -0.480 e. The minimum atomic E-state index is -1.02. The number of para-hydroxylation sites is 1. The van der Waals surface area contributed by atoms with E-state index in [4.69, 9.17) is 5.11 Å². The lowest BCUT2D eigenvalue weighted by Gasteiger charge is -2.18. The molecule has 0 spiro atoms. The van der Waals surface area contributed by atoms with Gasteiger partial charge in [0.2, 0.25) is 0 Å². The molecule has 6 heteroatoms. The third-order valence-electron chi connectivity index (χ3n) is 2.96. The van der Waals surface area contributed by atoms with Crippen molar-refractivity contribution in [2.75, 3.05) is 13.1 Å². The maximum absolute atomic E-state index is 12.3. The predicted octanol–water partition coefficient (Wildman–Crippen LogP) is 1.81. The summed E-state index contributed by atoms with van der Waals surface area (Å²) in [6.07, 6.45) is 3.77. The lowest BCUT2D eigenvalue weighted by Crippen LogP contribution is -2.36. The van der Waals surface area contributed by atoms with Crippen LogP contribution < -0.4 is 0 Å². The highest BCUT2D eigenvalue weighted by Crippen LogP contribution is 2.10. The highest BCUT2D eigenvalue weighted by Gasteiger charge is 2.19. The number of aromatic nitrogens is 2. The van der Waals surface area contributed by atoms with Crippen molar-refractivity contribution in [3.05, 3.63) is 48.3 Å². The molecule has 21 heavy (non-hydrogen) atoms. The van der Waals surface area contributed by atoms with Gasteiger partial charge in [0.15, 0.2) is 0 Å². The summed E-state index contributed by atoms with van der Waals surface area (Å²) in [6.45, 7) is 2.00. The molecule has 0 atom stereocenters. The van der Waals surface area contributed by atoms with E-state index in [1.165, 1.54) is 11.1 Å². The third kappa shape index (κ3) is 3.68. The Bertz CT molecular complexity index is 622.